The van der Waals surface area contributed by atoms with Crippen molar-refractivity contribution in [3.05, 3.63) is 0 Å². The maximum absolute atomic E-state index is 12.2. The Labute approximate surface area is 134 Å². The predicted octanol–water partition coefficient (Wildman–Crippen LogP) is 0.372. The Hall–Kier alpha value is -1.14. The fraction of sp³-hybridized carbons (Fsp3) is 0.875. The Bertz CT molecular complexity index is 365. The van der Waals surface area contributed by atoms with Crippen LogP contribution in [0.2, 0.25) is 0 Å². The molecule has 0 unspecified atom stereocenters. The molecule has 2 amide bonds. The van der Waals surface area contributed by atoms with E-state index in [1.165, 1.54) is 0 Å². The fourth-order valence-electron chi connectivity index (χ4n) is 2.74. The molecule has 0 aromatic carbocycles. The molecule has 1 atom stereocenters. The number of amides is 2. The van der Waals surface area contributed by atoms with Crippen molar-refractivity contribution in [1.82, 2.24) is 14.7 Å². The van der Waals surface area contributed by atoms with Gasteiger partial charge in [-0.2, -0.15) is 0 Å². The smallest absolute Gasteiger partial charge is 0.222 e. The molecule has 6 heteroatoms. The Kier molecular flexibility index (Phi) is 7.82. The normalized spacial score (nSPS) is 18.0. The van der Waals surface area contributed by atoms with Crippen LogP contribution in [0.4, 0.5) is 0 Å². The number of rotatable bonds is 8. The number of nitrogens with zero attached hydrogens (tertiary/aromatic N) is 3. The highest BCUT2D eigenvalue weighted by atomic mass is 16.2. The number of carbonyl (C=O) groups is 2. The average Bonchev–Trinajstić information content (AvgIpc) is 2.49. The van der Waals surface area contributed by atoms with Crippen molar-refractivity contribution >= 4 is 11.8 Å². The van der Waals surface area contributed by atoms with Crippen molar-refractivity contribution in [2.45, 2.75) is 38.6 Å². The van der Waals surface area contributed by atoms with Gasteiger partial charge in [-0.3, -0.25) is 9.59 Å². The summed E-state index contributed by atoms with van der Waals surface area (Å²) in [6, 6.07) is 0.563. The third kappa shape index (κ3) is 6.32. The Morgan fingerprint density at radius 1 is 1.18 bits per heavy atom. The predicted molar refractivity (Wildman–Crippen MR) is 88.4 cm³/mol. The molecule has 1 aliphatic heterocycles. The molecule has 0 spiro atoms. The Morgan fingerprint density at radius 3 is 2.27 bits per heavy atom. The summed E-state index contributed by atoms with van der Waals surface area (Å²) in [7, 11) is 6.34. The fourth-order valence-corrected chi connectivity index (χ4v) is 2.74. The number of carbonyl (C=O) groups excluding carboxylic acids is 2. The molecule has 6 nitrogen and oxygen atoms in total. The summed E-state index contributed by atoms with van der Waals surface area (Å²) in [6.45, 7) is 5.53. The number of nitrogens with two attached hydrogens (primary N) is 1. The first-order valence-corrected chi connectivity index (χ1v) is 8.23. The van der Waals surface area contributed by atoms with Crippen molar-refractivity contribution in [2.24, 2.45) is 11.7 Å². The number of primary amides is 1. The third-order valence-corrected chi connectivity index (χ3v) is 4.62. The number of piperidine rings is 1. The van der Waals surface area contributed by atoms with Crippen LogP contribution < -0.4 is 5.73 Å². The summed E-state index contributed by atoms with van der Waals surface area (Å²) < 4.78 is 0. The van der Waals surface area contributed by atoms with Crippen LogP contribution in [0.3, 0.4) is 0 Å². The van der Waals surface area contributed by atoms with E-state index in [0.717, 1.165) is 39.0 Å². The minimum absolute atomic E-state index is 0.155. The zero-order valence-corrected chi connectivity index (χ0v) is 14.5. The van der Waals surface area contributed by atoms with E-state index >= 15 is 0 Å². The van der Waals surface area contributed by atoms with Gasteiger partial charge in [0.05, 0.1) is 0 Å². The van der Waals surface area contributed by atoms with Gasteiger partial charge in [0.2, 0.25) is 11.8 Å². The monoisotopic (exact) mass is 312 g/mol. The molecule has 0 bridgehead atoms. The Morgan fingerprint density at radius 2 is 1.77 bits per heavy atom. The molecular formula is C16H32N4O2. The molecular weight excluding hydrogens is 280 g/mol. The number of likely N-dealkylation sites (tertiary alicyclic amines) is 1. The van der Waals surface area contributed by atoms with Crippen LogP contribution in [0.5, 0.6) is 0 Å². The van der Waals surface area contributed by atoms with Crippen LogP contribution in [-0.2, 0) is 9.59 Å². The van der Waals surface area contributed by atoms with Crippen LogP contribution in [0.25, 0.3) is 0 Å². The highest BCUT2D eigenvalue weighted by molar-refractivity contribution is 5.79. The molecule has 0 saturated carbocycles. The molecule has 1 rings (SSSR count). The lowest BCUT2D eigenvalue weighted by Crippen LogP contribution is -2.46. The zero-order chi connectivity index (χ0) is 16.7. The topological polar surface area (TPSA) is 69.9 Å². The van der Waals surface area contributed by atoms with Gasteiger partial charge in [0.1, 0.15) is 0 Å². The molecule has 0 aromatic heterocycles. The molecule has 128 valence electrons. The first-order valence-electron chi connectivity index (χ1n) is 8.23. The molecule has 22 heavy (non-hydrogen) atoms. The zero-order valence-electron chi connectivity index (χ0n) is 14.5. The summed E-state index contributed by atoms with van der Waals surface area (Å²) in [5, 5.41) is 0. The standard InChI is InChI=1S/C16H32N4O2/c1-13(16(17)22)5-6-15(21)20-9-7-14(8-10-20)19(4)12-11-18(2)3/h13-14H,5-12H2,1-4H3,(H2,17,22)/t13-/m0/s1. The first-order chi connectivity index (χ1) is 10.3. The number of hydrogen-bond acceptors (Lipinski definition) is 4. The van der Waals surface area contributed by atoms with Gasteiger partial charge in [0.15, 0.2) is 0 Å². The second-order valence-corrected chi connectivity index (χ2v) is 6.74. The summed E-state index contributed by atoms with van der Waals surface area (Å²) >= 11 is 0. The van der Waals surface area contributed by atoms with Crippen LogP contribution in [-0.4, -0.2) is 79.9 Å². The van der Waals surface area contributed by atoms with Crippen molar-refractivity contribution < 1.29 is 9.59 Å². The van der Waals surface area contributed by atoms with Crippen molar-refractivity contribution in [2.75, 3.05) is 47.3 Å². The number of likely N-dealkylation sites (N-methyl/N-ethyl adjacent to an activating group) is 2. The lowest BCUT2D eigenvalue weighted by atomic mass is 10.0. The second-order valence-electron chi connectivity index (χ2n) is 6.74. The second kappa shape index (κ2) is 9.10. The van der Waals surface area contributed by atoms with Gasteiger partial charge < -0.3 is 20.4 Å². The average molecular weight is 312 g/mol. The van der Waals surface area contributed by atoms with Gasteiger partial charge in [0, 0.05) is 44.6 Å². The van der Waals surface area contributed by atoms with Crippen LogP contribution in [0.15, 0.2) is 0 Å². The summed E-state index contributed by atoms with van der Waals surface area (Å²) in [4.78, 5) is 29.7. The van der Waals surface area contributed by atoms with E-state index in [0.29, 0.717) is 18.9 Å². The summed E-state index contributed by atoms with van der Waals surface area (Å²) in [5.41, 5.74) is 5.23. The molecule has 0 aliphatic carbocycles. The molecule has 2 N–H and O–H groups in total. The molecule has 1 saturated heterocycles. The van der Waals surface area contributed by atoms with E-state index in [1.54, 1.807) is 6.92 Å². The summed E-state index contributed by atoms with van der Waals surface area (Å²) in [6.07, 6.45) is 3.03. The van der Waals surface area contributed by atoms with Crippen LogP contribution in [0.1, 0.15) is 32.6 Å². The number of hydrogen-bond donors (Lipinski definition) is 1. The van der Waals surface area contributed by atoms with Gasteiger partial charge >= 0.3 is 0 Å². The third-order valence-electron chi connectivity index (χ3n) is 4.62. The molecule has 0 radical (unpaired) electrons. The van der Waals surface area contributed by atoms with Gasteiger partial charge in [0.25, 0.3) is 0 Å². The molecule has 1 heterocycles. The SMILES string of the molecule is C[C@@H](CCC(=O)N1CCC(N(C)CCN(C)C)CC1)C(N)=O. The van der Waals surface area contributed by atoms with Crippen LogP contribution in [0, 0.1) is 5.92 Å². The molecule has 1 aliphatic rings. The van der Waals surface area contributed by atoms with E-state index < -0.39 is 0 Å². The van der Waals surface area contributed by atoms with E-state index in [4.69, 9.17) is 5.73 Å². The van der Waals surface area contributed by atoms with Gasteiger partial charge in [-0.1, -0.05) is 6.92 Å². The van der Waals surface area contributed by atoms with Crippen molar-refractivity contribution in [3.8, 4) is 0 Å². The van der Waals surface area contributed by atoms with Gasteiger partial charge in [-0.05, 0) is 40.4 Å². The largest absolute Gasteiger partial charge is 0.369 e. The van der Waals surface area contributed by atoms with E-state index in [-0.39, 0.29) is 17.7 Å². The van der Waals surface area contributed by atoms with E-state index in [2.05, 4.69) is 30.9 Å². The first kappa shape index (κ1) is 18.9. The van der Waals surface area contributed by atoms with Crippen LogP contribution >= 0.6 is 0 Å². The minimum atomic E-state index is -0.325. The minimum Gasteiger partial charge on any atom is -0.369 e. The van der Waals surface area contributed by atoms with E-state index in [9.17, 15) is 9.59 Å². The highest BCUT2D eigenvalue weighted by Crippen LogP contribution is 2.17. The molecule has 0 aromatic rings. The maximum Gasteiger partial charge on any atom is 0.222 e. The van der Waals surface area contributed by atoms with Gasteiger partial charge in [-0.15, -0.1) is 0 Å². The van der Waals surface area contributed by atoms with E-state index in [1.807, 2.05) is 4.90 Å². The quantitative estimate of drug-likeness (QED) is 0.703. The summed E-state index contributed by atoms with van der Waals surface area (Å²) in [5.74, 6) is -0.393. The van der Waals surface area contributed by atoms with Gasteiger partial charge in [-0.25, -0.2) is 0 Å². The lowest BCUT2D eigenvalue weighted by molar-refractivity contribution is -0.133. The lowest BCUT2D eigenvalue weighted by Gasteiger charge is -2.37. The van der Waals surface area contributed by atoms with Crippen molar-refractivity contribution in [1.29, 1.82) is 0 Å². The maximum atomic E-state index is 12.2. The highest BCUT2D eigenvalue weighted by Gasteiger charge is 2.25. The molecule has 1 fully saturated rings. The van der Waals surface area contributed by atoms with Crippen molar-refractivity contribution in [3.63, 3.8) is 0 Å². The Balaban J connectivity index is 2.29.